The largest absolute Gasteiger partial charge is 0.452 e. The molecule has 0 aliphatic heterocycles. The zero-order valence-electron chi connectivity index (χ0n) is 13.5. The summed E-state index contributed by atoms with van der Waals surface area (Å²) in [4.78, 5) is 10.9. The summed E-state index contributed by atoms with van der Waals surface area (Å²) in [5.74, 6) is 0.772. The van der Waals surface area contributed by atoms with Gasteiger partial charge in [0, 0.05) is 12.8 Å². The summed E-state index contributed by atoms with van der Waals surface area (Å²) in [6, 6.07) is 6.49. The molecule has 0 spiro atoms. The van der Waals surface area contributed by atoms with Crippen molar-refractivity contribution in [3.05, 3.63) is 29.3 Å². The average molecular weight is 302 g/mol. The average Bonchev–Trinajstić information content (AvgIpc) is 2.97. The Morgan fingerprint density at radius 3 is 2.50 bits per heavy atom. The number of aryl methyl sites for hydroxylation is 1. The molecule has 0 saturated heterocycles. The third kappa shape index (κ3) is 3.29. The van der Waals surface area contributed by atoms with Crippen LogP contribution in [-0.4, -0.2) is 12.3 Å². The smallest absolute Gasteiger partial charge is 0.296 e. The Hall–Kier alpha value is -1.51. The van der Waals surface area contributed by atoms with Crippen molar-refractivity contribution in [3.63, 3.8) is 0 Å². The van der Waals surface area contributed by atoms with Crippen LogP contribution in [0.15, 0.2) is 18.2 Å². The lowest BCUT2D eigenvalue weighted by Crippen LogP contribution is -2.36. The molecule has 0 heterocycles. The molecule has 3 nitrogen and oxygen atoms in total. The second kappa shape index (κ2) is 6.72. The van der Waals surface area contributed by atoms with Gasteiger partial charge in [-0.3, -0.25) is 4.79 Å². The molecule has 0 N–H and O–H groups in total. The van der Waals surface area contributed by atoms with Crippen molar-refractivity contribution in [3.8, 4) is 5.75 Å². The van der Waals surface area contributed by atoms with E-state index in [1.165, 1.54) is 43.2 Å². The fraction of sp³-hybridized carbons (Fsp3) is 0.632. The predicted molar refractivity (Wildman–Crippen MR) is 86.0 cm³/mol. The molecule has 0 radical (unpaired) electrons. The number of hydrogen-bond donors (Lipinski definition) is 0. The van der Waals surface area contributed by atoms with E-state index in [1.807, 2.05) is 0 Å². The molecule has 2 saturated carbocycles. The van der Waals surface area contributed by atoms with Crippen LogP contribution in [0.3, 0.4) is 0 Å². The van der Waals surface area contributed by atoms with Crippen LogP contribution in [0, 0.1) is 6.92 Å². The summed E-state index contributed by atoms with van der Waals surface area (Å²) >= 11 is 0. The van der Waals surface area contributed by atoms with E-state index in [2.05, 4.69) is 25.1 Å². The van der Waals surface area contributed by atoms with Crippen LogP contribution in [0.2, 0.25) is 0 Å². The Bertz CT molecular complexity index is 511. The van der Waals surface area contributed by atoms with E-state index in [-0.39, 0.29) is 0 Å². The van der Waals surface area contributed by atoms with Crippen molar-refractivity contribution in [2.24, 2.45) is 0 Å². The lowest BCUT2D eigenvalue weighted by Gasteiger charge is -2.31. The van der Waals surface area contributed by atoms with Crippen LogP contribution in [0.4, 0.5) is 0 Å². The Balaban J connectivity index is 1.87. The molecule has 3 rings (SSSR count). The van der Waals surface area contributed by atoms with Crippen LogP contribution in [0.25, 0.3) is 0 Å². The lowest BCUT2D eigenvalue weighted by molar-refractivity contribution is -0.181. The molecule has 2 fully saturated rings. The van der Waals surface area contributed by atoms with Gasteiger partial charge in [-0.2, -0.15) is 0 Å². The van der Waals surface area contributed by atoms with Gasteiger partial charge < -0.3 is 9.47 Å². The molecule has 22 heavy (non-hydrogen) atoms. The van der Waals surface area contributed by atoms with Crippen LogP contribution in [0.1, 0.15) is 74.8 Å². The third-order valence-corrected chi connectivity index (χ3v) is 5.14. The van der Waals surface area contributed by atoms with E-state index in [4.69, 9.17) is 9.47 Å². The van der Waals surface area contributed by atoms with Gasteiger partial charge in [-0.1, -0.05) is 31.4 Å². The van der Waals surface area contributed by atoms with Crippen molar-refractivity contribution >= 4 is 6.47 Å². The van der Waals surface area contributed by atoms with E-state index in [1.54, 1.807) is 0 Å². The van der Waals surface area contributed by atoms with Crippen molar-refractivity contribution in [1.29, 1.82) is 0 Å². The molecule has 120 valence electrons. The van der Waals surface area contributed by atoms with E-state index in [0.717, 1.165) is 31.4 Å². The SMILES string of the molecule is Cc1ccc(C2CCCCC2)c(OC2(OC=O)CCCC2)c1. The Labute approximate surface area is 133 Å². The Morgan fingerprint density at radius 1 is 1.09 bits per heavy atom. The van der Waals surface area contributed by atoms with Gasteiger partial charge in [0.2, 0.25) is 0 Å². The number of ether oxygens (including phenoxy) is 2. The second-order valence-electron chi connectivity index (χ2n) is 6.81. The van der Waals surface area contributed by atoms with E-state index in [0.29, 0.717) is 12.4 Å². The Morgan fingerprint density at radius 2 is 1.82 bits per heavy atom. The highest BCUT2D eigenvalue weighted by Crippen LogP contribution is 2.42. The first kappa shape index (κ1) is 15.4. The van der Waals surface area contributed by atoms with Gasteiger partial charge in [0.15, 0.2) is 0 Å². The fourth-order valence-electron chi connectivity index (χ4n) is 3.93. The van der Waals surface area contributed by atoms with Crippen molar-refractivity contribution < 1.29 is 14.3 Å². The standard InChI is InChI=1S/C19H26O3/c1-15-9-10-17(16-7-3-2-4-8-16)18(13-15)22-19(21-14-20)11-5-6-12-19/h9-10,13-14,16H,2-8,11-12H2,1H3. The van der Waals surface area contributed by atoms with Crippen LogP contribution >= 0.6 is 0 Å². The molecule has 0 aromatic heterocycles. The fourth-order valence-corrected chi connectivity index (χ4v) is 3.93. The van der Waals surface area contributed by atoms with Crippen LogP contribution in [-0.2, 0) is 9.53 Å². The van der Waals surface area contributed by atoms with Gasteiger partial charge in [-0.05, 0) is 55.7 Å². The van der Waals surface area contributed by atoms with Gasteiger partial charge >= 0.3 is 0 Å². The molecule has 1 aromatic rings. The normalized spacial score (nSPS) is 21.5. The van der Waals surface area contributed by atoms with E-state index < -0.39 is 5.79 Å². The lowest BCUT2D eigenvalue weighted by atomic mass is 9.83. The summed E-state index contributed by atoms with van der Waals surface area (Å²) in [6.07, 6.45) is 10.1. The van der Waals surface area contributed by atoms with Crippen LogP contribution < -0.4 is 4.74 Å². The first-order valence-electron chi connectivity index (χ1n) is 8.63. The highest BCUT2D eigenvalue weighted by molar-refractivity contribution is 5.41. The first-order valence-corrected chi connectivity index (χ1v) is 8.63. The number of benzene rings is 1. The van der Waals surface area contributed by atoms with Gasteiger partial charge in [-0.25, -0.2) is 0 Å². The van der Waals surface area contributed by atoms with Crippen molar-refractivity contribution in [2.45, 2.75) is 76.4 Å². The molecule has 0 unspecified atom stereocenters. The molecule has 1 aromatic carbocycles. The van der Waals surface area contributed by atoms with Crippen molar-refractivity contribution in [2.75, 3.05) is 0 Å². The van der Waals surface area contributed by atoms with E-state index >= 15 is 0 Å². The number of carbonyl (C=O) groups is 1. The zero-order chi connectivity index (χ0) is 15.4. The van der Waals surface area contributed by atoms with Gasteiger partial charge in [-0.15, -0.1) is 0 Å². The van der Waals surface area contributed by atoms with Gasteiger partial charge in [0.25, 0.3) is 12.3 Å². The van der Waals surface area contributed by atoms with Crippen molar-refractivity contribution in [1.82, 2.24) is 0 Å². The maximum absolute atomic E-state index is 10.9. The molecular weight excluding hydrogens is 276 g/mol. The first-order chi connectivity index (χ1) is 10.7. The Kier molecular flexibility index (Phi) is 4.70. The maximum Gasteiger partial charge on any atom is 0.296 e. The predicted octanol–water partition coefficient (Wildman–Crippen LogP) is 4.86. The summed E-state index contributed by atoms with van der Waals surface area (Å²) in [5, 5.41) is 0. The molecule has 3 heteroatoms. The minimum atomic E-state index is -0.737. The second-order valence-corrected chi connectivity index (χ2v) is 6.81. The number of hydrogen-bond acceptors (Lipinski definition) is 3. The molecule has 0 atom stereocenters. The van der Waals surface area contributed by atoms with E-state index in [9.17, 15) is 4.79 Å². The minimum Gasteiger partial charge on any atom is -0.452 e. The molecule has 0 amide bonds. The summed E-state index contributed by atoms with van der Waals surface area (Å²) in [6.45, 7) is 2.63. The topological polar surface area (TPSA) is 35.5 Å². The zero-order valence-corrected chi connectivity index (χ0v) is 13.5. The summed E-state index contributed by atoms with van der Waals surface area (Å²) in [7, 11) is 0. The van der Waals surface area contributed by atoms with Gasteiger partial charge in [0.1, 0.15) is 5.75 Å². The minimum absolute atomic E-state index is 0.543. The quantitative estimate of drug-likeness (QED) is 0.575. The molecule has 0 bridgehead atoms. The summed E-state index contributed by atoms with van der Waals surface area (Å²) < 4.78 is 11.7. The molecule has 2 aliphatic rings. The highest BCUT2D eigenvalue weighted by atomic mass is 16.7. The number of carbonyl (C=O) groups excluding carboxylic acids is 1. The number of rotatable bonds is 5. The highest BCUT2D eigenvalue weighted by Gasteiger charge is 2.39. The summed E-state index contributed by atoms with van der Waals surface area (Å²) in [5.41, 5.74) is 2.49. The third-order valence-electron chi connectivity index (χ3n) is 5.14. The van der Waals surface area contributed by atoms with Gasteiger partial charge in [0.05, 0.1) is 0 Å². The molecular formula is C19H26O3. The monoisotopic (exact) mass is 302 g/mol. The maximum atomic E-state index is 10.9. The van der Waals surface area contributed by atoms with Crippen LogP contribution in [0.5, 0.6) is 5.75 Å². The molecule has 2 aliphatic carbocycles.